The van der Waals surface area contributed by atoms with E-state index in [4.69, 9.17) is 4.74 Å². The minimum absolute atomic E-state index is 0.162. The van der Waals surface area contributed by atoms with Crippen LogP contribution in [0, 0.1) is 0 Å². The molecule has 0 saturated carbocycles. The number of hydrogen-bond acceptors (Lipinski definition) is 4. The highest BCUT2D eigenvalue weighted by atomic mass is 32.1. The first-order valence-corrected chi connectivity index (χ1v) is 6.27. The van der Waals surface area contributed by atoms with E-state index in [1.54, 1.807) is 18.4 Å². The highest BCUT2D eigenvalue weighted by molar-refractivity contribution is 7.10. The van der Waals surface area contributed by atoms with Crippen LogP contribution in [-0.2, 0) is 0 Å². The van der Waals surface area contributed by atoms with E-state index in [-0.39, 0.29) is 6.04 Å². The molecule has 1 aromatic heterocycles. The SMILES string of the molecule is COc1ccc2c(c1)NC(c1cccs1)C=N2. The van der Waals surface area contributed by atoms with Crippen LogP contribution in [0.3, 0.4) is 0 Å². The van der Waals surface area contributed by atoms with E-state index in [1.807, 2.05) is 24.4 Å². The van der Waals surface area contributed by atoms with Gasteiger partial charge < -0.3 is 10.1 Å². The van der Waals surface area contributed by atoms with E-state index in [1.165, 1.54) is 4.88 Å². The summed E-state index contributed by atoms with van der Waals surface area (Å²) < 4.78 is 5.22. The van der Waals surface area contributed by atoms with Crippen molar-refractivity contribution >= 4 is 28.9 Å². The lowest BCUT2D eigenvalue weighted by molar-refractivity contribution is 0.415. The Balaban J connectivity index is 1.94. The Morgan fingerprint density at radius 1 is 1.35 bits per heavy atom. The maximum Gasteiger partial charge on any atom is 0.121 e. The molecule has 2 heterocycles. The lowest BCUT2D eigenvalue weighted by Gasteiger charge is -2.20. The number of anilines is 1. The quantitative estimate of drug-likeness (QED) is 0.875. The summed E-state index contributed by atoms with van der Waals surface area (Å²) in [4.78, 5) is 5.74. The second-order valence-corrected chi connectivity index (χ2v) is 4.78. The number of hydrogen-bond donors (Lipinski definition) is 1. The second kappa shape index (κ2) is 4.22. The van der Waals surface area contributed by atoms with Crippen LogP contribution in [-0.4, -0.2) is 13.3 Å². The fourth-order valence-corrected chi connectivity index (χ4v) is 2.58. The number of nitrogens with one attached hydrogen (secondary N) is 1. The molecule has 1 N–H and O–H groups in total. The highest BCUT2D eigenvalue weighted by Crippen LogP contribution is 2.35. The average molecular weight is 244 g/mol. The number of rotatable bonds is 2. The predicted octanol–water partition coefficient (Wildman–Crippen LogP) is 3.63. The number of aliphatic imine (C=N–C) groups is 1. The van der Waals surface area contributed by atoms with Gasteiger partial charge in [-0.3, -0.25) is 4.99 Å². The smallest absolute Gasteiger partial charge is 0.121 e. The number of fused-ring (bicyclic) bond motifs is 1. The Hall–Kier alpha value is -1.81. The van der Waals surface area contributed by atoms with Gasteiger partial charge in [-0.15, -0.1) is 11.3 Å². The van der Waals surface area contributed by atoms with Gasteiger partial charge >= 0.3 is 0 Å². The minimum atomic E-state index is 0.162. The maximum absolute atomic E-state index is 5.22. The standard InChI is InChI=1S/C13H12N2OS/c1-16-9-4-5-10-11(7-9)15-12(8-14-10)13-3-2-6-17-13/h2-8,12,15H,1H3. The van der Waals surface area contributed by atoms with Crippen LogP contribution in [0.1, 0.15) is 10.9 Å². The Bertz CT molecular complexity index is 549. The van der Waals surface area contributed by atoms with Crippen molar-refractivity contribution in [1.82, 2.24) is 0 Å². The molecule has 1 aliphatic rings. The summed E-state index contributed by atoms with van der Waals surface area (Å²) in [5.41, 5.74) is 1.98. The fourth-order valence-electron chi connectivity index (χ4n) is 1.84. The van der Waals surface area contributed by atoms with Crippen molar-refractivity contribution in [1.29, 1.82) is 0 Å². The van der Waals surface area contributed by atoms with E-state index in [0.717, 1.165) is 17.1 Å². The Labute approximate surface area is 104 Å². The van der Waals surface area contributed by atoms with Crippen LogP contribution in [0.25, 0.3) is 0 Å². The number of nitrogens with zero attached hydrogens (tertiary/aromatic N) is 1. The molecule has 0 aliphatic carbocycles. The van der Waals surface area contributed by atoms with Crippen molar-refractivity contribution in [3.63, 3.8) is 0 Å². The molecule has 0 spiro atoms. The molecule has 1 unspecified atom stereocenters. The summed E-state index contributed by atoms with van der Waals surface area (Å²) >= 11 is 1.73. The van der Waals surface area contributed by atoms with E-state index in [0.29, 0.717) is 0 Å². The summed E-state index contributed by atoms with van der Waals surface area (Å²) in [5, 5.41) is 5.53. The number of methoxy groups -OCH3 is 1. The molecular formula is C13H12N2OS. The monoisotopic (exact) mass is 244 g/mol. The Morgan fingerprint density at radius 2 is 2.29 bits per heavy atom. The highest BCUT2D eigenvalue weighted by Gasteiger charge is 2.16. The lowest BCUT2D eigenvalue weighted by atomic mass is 10.1. The van der Waals surface area contributed by atoms with E-state index in [9.17, 15) is 0 Å². The van der Waals surface area contributed by atoms with Crippen molar-refractivity contribution in [3.8, 4) is 5.75 Å². The zero-order chi connectivity index (χ0) is 11.7. The van der Waals surface area contributed by atoms with Gasteiger partial charge in [0.25, 0.3) is 0 Å². The normalized spacial score (nSPS) is 17.4. The predicted molar refractivity (Wildman–Crippen MR) is 71.8 cm³/mol. The molecule has 1 aromatic carbocycles. The summed E-state index contributed by atoms with van der Waals surface area (Å²) in [6.45, 7) is 0. The third-order valence-corrected chi connectivity index (χ3v) is 3.68. The summed E-state index contributed by atoms with van der Waals surface area (Å²) in [6, 6.07) is 10.2. The van der Waals surface area contributed by atoms with Crippen molar-refractivity contribution in [2.75, 3.05) is 12.4 Å². The first-order chi connectivity index (χ1) is 8.36. The molecule has 3 nitrogen and oxygen atoms in total. The van der Waals surface area contributed by atoms with Gasteiger partial charge in [-0.2, -0.15) is 0 Å². The second-order valence-electron chi connectivity index (χ2n) is 3.80. The van der Waals surface area contributed by atoms with Crippen LogP contribution in [0.15, 0.2) is 40.7 Å². The zero-order valence-corrected chi connectivity index (χ0v) is 10.2. The topological polar surface area (TPSA) is 33.6 Å². The summed E-state index contributed by atoms with van der Waals surface area (Å²) in [7, 11) is 1.67. The summed E-state index contributed by atoms with van der Waals surface area (Å²) in [5.74, 6) is 0.846. The maximum atomic E-state index is 5.22. The minimum Gasteiger partial charge on any atom is -0.497 e. The van der Waals surface area contributed by atoms with Crippen molar-refractivity contribution in [2.24, 2.45) is 4.99 Å². The lowest BCUT2D eigenvalue weighted by Crippen LogP contribution is -2.13. The van der Waals surface area contributed by atoms with E-state index >= 15 is 0 Å². The van der Waals surface area contributed by atoms with Gasteiger partial charge in [0.15, 0.2) is 0 Å². The molecule has 86 valence electrons. The number of ether oxygens (including phenoxy) is 1. The molecule has 1 aliphatic heterocycles. The van der Waals surface area contributed by atoms with Crippen LogP contribution >= 0.6 is 11.3 Å². The zero-order valence-electron chi connectivity index (χ0n) is 9.38. The first-order valence-electron chi connectivity index (χ1n) is 5.39. The van der Waals surface area contributed by atoms with E-state index in [2.05, 4.69) is 27.8 Å². The molecule has 1 atom stereocenters. The Kier molecular flexibility index (Phi) is 2.57. The fraction of sp³-hybridized carbons (Fsp3) is 0.154. The molecule has 17 heavy (non-hydrogen) atoms. The van der Waals surface area contributed by atoms with Gasteiger partial charge in [0, 0.05) is 17.2 Å². The van der Waals surface area contributed by atoms with Crippen molar-refractivity contribution in [3.05, 3.63) is 40.6 Å². The molecule has 3 rings (SSSR count). The Morgan fingerprint density at radius 3 is 3.06 bits per heavy atom. The van der Waals surface area contributed by atoms with Crippen molar-refractivity contribution < 1.29 is 4.74 Å². The number of thiophene rings is 1. The first kappa shape index (κ1) is 10.4. The molecule has 0 bridgehead atoms. The molecule has 4 heteroatoms. The molecule has 0 fully saturated rings. The molecule has 2 aromatic rings. The average Bonchev–Trinajstić information content (AvgIpc) is 2.91. The van der Waals surface area contributed by atoms with Crippen LogP contribution < -0.4 is 10.1 Å². The third kappa shape index (κ3) is 1.91. The van der Waals surface area contributed by atoms with Gasteiger partial charge in [-0.25, -0.2) is 0 Å². The molecular weight excluding hydrogens is 232 g/mol. The summed E-state index contributed by atoms with van der Waals surface area (Å²) in [6.07, 6.45) is 1.95. The van der Waals surface area contributed by atoms with Crippen LogP contribution in [0.2, 0.25) is 0 Å². The van der Waals surface area contributed by atoms with Gasteiger partial charge in [0.05, 0.1) is 24.5 Å². The molecule has 0 amide bonds. The van der Waals surface area contributed by atoms with Crippen LogP contribution in [0.5, 0.6) is 5.75 Å². The van der Waals surface area contributed by atoms with Crippen LogP contribution in [0.4, 0.5) is 11.4 Å². The number of benzene rings is 1. The van der Waals surface area contributed by atoms with E-state index < -0.39 is 0 Å². The van der Waals surface area contributed by atoms with Crippen molar-refractivity contribution in [2.45, 2.75) is 6.04 Å². The molecule has 0 saturated heterocycles. The van der Waals surface area contributed by atoms with Gasteiger partial charge in [0.2, 0.25) is 0 Å². The largest absolute Gasteiger partial charge is 0.497 e. The third-order valence-electron chi connectivity index (χ3n) is 2.73. The van der Waals surface area contributed by atoms with Gasteiger partial charge in [0.1, 0.15) is 5.75 Å². The molecule has 0 radical (unpaired) electrons. The van der Waals surface area contributed by atoms with Gasteiger partial charge in [-0.1, -0.05) is 6.07 Å². The van der Waals surface area contributed by atoms with Gasteiger partial charge in [-0.05, 0) is 23.6 Å².